The molecule has 0 saturated carbocycles. The monoisotopic (exact) mass is 842 g/mol. The Morgan fingerprint density at radius 1 is 0.532 bits per heavy atom. The molecule has 6 aliphatic rings. The maximum atomic E-state index is 13.7. The van der Waals surface area contributed by atoms with Crippen molar-refractivity contribution in [3.8, 4) is 0 Å². The molecule has 0 aliphatic carbocycles. The van der Waals surface area contributed by atoms with Crippen LogP contribution in [0.25, 0.3) is 0 Å². The fourth-order valence-corrected chi connectivity index (χ4v) is 9.07. The standard InChI is InChI=1S/C16H17FN2O2.C16H16N2O3.C16H18N2O2/c1-8(2)11-5-10(17)6-12-13(11)7-19(16(12)21)14-4-9(3)18-15(14)20;1-8(2)10-5-4-6-11-13(10)16(21)18(15(11)20)12-7-9(3)17-14(12)19;1-9(2)11-5-4-6-12-13(11)8-18(16(12)20)14-7-10(3)17-15(14)19/h5-6,8,14H,3-4,7H2,1-2H3,(H,18,20);4-6,8,12H,3,7H2,1-2H3,(H,17,19);4-6,9,14H,3,7-8H2,1-2H3,(H,17,19). The summed E-state index contributed by atoms with van der Waals surface area (Å²) in [5, 5.41) is 7.91. The number of fused-ring (bicyclic) bond motifs is 3. The van der Waals surface area contributed by atoms with E-state index in [1.165, 1.54) is 22.6 Å². The molecule has 3 unspecified atom stereocenters. The van der Waals surface area contributed by atoms with E-state index in [1.54, 1.807) is 17.0 Å². The molecule has 14 heteroatoms. The van der Waals surface area contributed by atoms with Gasteiger partial charge in [-0.15, -0.1) is 0 Å². The molecular formula is C48H51FN6O7. The SMILES string of the molecule is C=C1CC(N2C(=O)c3cccc(C(C)C)c3C2=O)C(=O)N1.C=C1CC(N2Cc3c(cc(F)cc3C(C)C)C2=O)C(=O)N1.C=C1CC(N2Cc3c(cccc3C(C)C)C2=O)C(=O)N1. The van der Waals surface area contributed by atoms with Crippen LogP contribution in [0.1, 0.15) is 148 Å². The van der Waals surface area contributed by atoms with Crippen molar-refractivity contribution in [2.75, 3.05) is 0 Å². The van der Waals surface area contributed by atoms with E-state index in [4.69, 9.17) is 0 Å². The van der Waals surface area contributed by atoms with Crippen LogP contribution in [0.2, 0.25) is 0 Å². The van der Waals surface area contributed by atoms with Gasteiger partial charge < -0.3 is 25.8 Å². The number of nitrogens with one attached hydrogen (secondary N) is 3. The Balaban J connectivity index is 0.000000140. The van der Waals surface area contributed by atoms with Gasteiger partial charge in [-0.25, -0.2) is 4.39 Å². The number of benzene rings is 3. The molecule has 3 N–H and O–H groups in total. The van der Waals surface area contributed by atoms with Crippen LogP contribution in [0.4, 0.5) is 4.39 Å². The second-order valence-electron chi connectivity index (χ2n) is 17.4. The lowest BCUT2D eigenvalue weighted by Crippen LogP contribution is -2.44. The van der Waals surface area contributed by atoms with Gasteiger partial charge in [-0.3, -0.25) is 38.5 Å². The first-order valence-corrected chi connectivity index (χ1v) is 20.8. The quantitative estimate of drug-likeness (QED) is 0.246. The molecule has 7 amide bonds. The molecule has 62 heavy (non-hydrogen) atoms. The van der Waals surface area contributed by atoms with Crippen LogP contribution >= 0.6 is 0 Å². The summed E-state index contributed by atoms with van der Waals surface area (Å²) in [6, 6.07) is 12.1. The molecule has 9 rings (SSSR count). The van der Waals surface area contributed by atoms with E-state index in [1.807, 2.05) is 45.9 Å². The molecule has 6 aliphatic heterocycles. The first-order chi connectivity index (χ1) is 29.3. The number of carbonyl (C=O) groups excluding carboxylic acids is 7. The van der Waals surface area contributed by atoms with E-state index < -0.39 is 29.8 Å². The van der Waals surface area contributed by atoms with Gasteiger partial charge in [-0.05, 0) is 69.8 Å². The Bertz CT molecular complexity index is 2520. The minimum atomic E-state index is -0.787. The fourth-order valence-electron chi connectivity index (χ4n) is 9.07. The summed E-state index contributed by atoms with van der Waals surface area (Å²) in [4.78, 5) is 90.2. The third kappa shape index (κ3) is 7.73. The lowest BCUT2D eigenvalue weighted by atomic mass is 9.94. The summed E-state index contributed by atoms with van der Waals surface area (Å²) in [5.74, 6) is -1.58. The Morgan fingerprint density at radius 2 is 0.968 bits per heavy atom. The number of halogens is 1. The van der Waals surface area contributed by atoms with Crippen LogP contribution in [0, 0.1) is 5.82 Å². The molecule has 322 valence electrons. The van der Waals surface area contributed by atoms with Gasteiger partial charge in [0.1, 0.15) is 23.9 Å². The third-order valence-electron chi connectivity index (χ3n) is 12.1. The van der Waals surface area contributed by atoms with Crippen molar-refractivity contribution in [1.29, 1.82) is 0 Å². The van der Waals surface area contributed by atoms with Gasteiger partial charge in [0.15, 0.2) is 0 Å². The Kier molecular flexibility index (Phi) is 11.6. The molecule has 3 fully saturated rings. The third-order valence-corrected chi connectivity index (χ3v) is 12.1. The van der Waals surface area contributed by atoms with Gasteiger partial charge in [0, 0.05) is 60.6 Å². The number of hydrogen-bond donors (Lipinski definition) is 3. The van der Waals surface area contributed by atoms with Gasteiger partial charge in [-0.2, -0.15) is 0 Å². The average Bonchev–Trinajstić information content (AvgIpc) is 4.04. The molecule has 0 bridgehead atoms. The summed E-state index contributed by atoms with van der Waals surface area (Å²) in [6.07, 6.45) is 1.20. The zero-order chi connectivity index (χ0) is 45.1. The van der Waals surface area contributed by atoms with E-state index in [9.17, 15) is 38.0 Å². The van der Waals surface area contributed by atoms with Crippen LogP contribution in [0.15, 0.2) is 85.4 Å². The van der Waals surface area contributed by atoms with Crippen LogP contribution in [0.3, 0.4) is 0 Å². The zero-order valence-corrected chi connectivity index (χ0v) is 35.8. The number of hydrogen-bond acceptors (Lipinski definition) is 7. The van der Waals surface area contributed by atoms with Crippen LogP contribution < -0.4 is 16.0 Å². The maximum absolute atomic E-state index is 13.7. The van der Waals surface area contributed by atoms with Gasteiger partial charge in [-0.1, -0.05) is 85.5 Å². The van der Waals surface area contributed by atoms with Gasteiger partial charge in [0.2, 0.25) is 17.7 Å². The summed E-state index contributed by atoms with van der Waals surface area (Å²) in [6.45, 7) is 24.2. The van der Waals surface area contributed by atoms with E-state index >= 15 is 0 Å². The van der Waals surface area contributed by atoms with E-state index in [0.717, 1.165) is 32.7 Å². The normalized spacial score (nSPS) is 21.4. The largest absolute Gasteiger partial charge is 0.328 e. The van der Waals surface area contributed by atoms with Crippen molar-refractivity contribution in [1.82, 2.24) is 30.7 Å². The number of carbonyl (C=O) groups is 7. The van der Waals surface area contributed by atoms with Crippen LogP contribution in [-0.4, -0.2) is 74.2 Å². The lowest BCUT2D eigenvalue weighted by Gasteiger charge is -2.21. The number of nitrogens with zero attached hydrogens (tertiary/aromatic N) is 3. The zero-order valence-electron chi connectivity index (χ0n) is 35.8. The van der Waals surface area contributed by atoms with Crippen molar-refractivity contribution < 1.29 is 38.0 Å². The summed E-state index contributed by atoms with van der Waals surface area (Å²) >= 11 is 0. The Morgan fingerprint density at radius 3 is 1.44 bits per heavy atom. The average molecular weight is 843 g/mol. The first-order valence-electron chi connectivity index (χ1n) is 20.8. The van der Waals surface area contributed by atoms with E-state index in [2.05, 4.69) is 55.6 Å². The molecule has 13 nitrogen and oxygen atoms in total. The second-order valence-corrected chi connectivity index (χ2v) is 17.4. The van der Waals surface area contributed by atoms with Crippen molar-refractivity contribution >= 4 is 41.4 Å². The first kappa shape index (κ1) is 43.4. The maximum Gasteiger partial charge on any atom is 0.262 e. The lowest BCUT2D eigenvalue weighted by molar-refractivity contribution is -0.123. The Labute approximate surface area is 360 Å². The predicted molar refractivity (Wildman–Crippen MR) is 229 cm³/mol. The minimum absolute atomic E-state index is 0.0441. The van der Waals surface area contributed by atoms with E-state index in [0.29, 0.717) is 65.6 Å². The van der Waals surface area contributed by atoms with Crippen molar-refractivity contribution in [3.05, 3.63) is 141 Å². The summed E-state index contributed by atoms with van der Waals surface area (Å²) in [5.41, 5.74) is 8.53. The van der Waals surface area contributed by atoms with Gasteiger partial charge in [0.05, 0.1) is 11.1 Å². The molecule has 6 heterocycles. The predicted octanol–water partition coefficient (Wildman–Crippen LogP) is 6.28. The molecule has 3 aromatic rings. The fraction of sp³-hybridized carbons (Fsp3) is 0.354. The van der Waals surface area contributed by atoms with Crippen LogP contribution in [-0.2, 0) is 27.5 Å². The van der Waals surface area contributed by atoms with Gasteiger partial charge >= 0.3 is 0 Å². The van der Waals surface area contributed by atoms with Crippen molar-refractivity contribution in [3.63, 3.8) is 0 Å². The topological polar surface area (TPSA) is 165 Å². The highest BCUT2D eigenvalue weighted by Crippen LogP contribution is 2.36. The molecule has 3 saturated heterocycles. The Hall–Kier alpha value is -6.70. The van der Waals surface area contributed by atoms with E-state index in [-0.39, 0.29) is 53.7 Å². The summed E-state index contributed by atoms with van der Waals surface area (Å²) in [7, 11) is 0. The van der Waals surface area contributed by atoms with Crippen molar-refractivity contribution in [2.45, 2.75) is 110 Å². The highest BCUT2D eigenvalue weighted by atomic mass is 19.1. The number of rotatable bonds is 6. The smallest absolute Gasteiger partial charge is 0.262 e. The molecule has 0 aromatic heterocycles. The highest BCUT2D eigenvalue weighted by Gasteiger charge is 2.47. The molecule has 3 aromatic carbocycles. The number of amides is 7. The molecule has 0 radical (unpaired) electrons. The molecular weight excluding hydrogens is 792 g/mol. The number of imide groups is 1. The minimum Gasteiger partial charge on any atom is -0.328 e. The summed E-state index contributed by atoms with van der Waals surface area (Å²) < 4.78 is 13.7. The highest BCUT2D eigenvalue weighted by molar-refractivity contribution is 6.23. The van der Waals surface area contributed by atoms with Gasteiger partial charge in [0.25, 0.3) is 23.6 Å². The second kappa shape index (κ2) is 16.6. The van der Waals surface area contributed by atoms with Crippen molar-refractivity contribution in [2.24, 2.45) is 0 Å². The molecule has 3 atom stereocenters. The molecule has 0 spiro atoms. The van der Waals surface area contributed by atoms with Crippen LogP contribution in [0.5, 0.6) is 0 Å².